The lowest BCUT2D eigenvalue weighted by Crippen LogP contribution is -2.13. The van der Waals surface area contributed by atoms with E-state index in [2.05, 4.69) is 14.7 Å². The first-order valence-electron chi connectivity index (χ1n) is 4.79. The Morgan fingerprint density at radius 3 is 3.00 bits per heavy atom. The quantitative estimate of drug-likeness (QED) is 0.634. The molecule has 0 atom stereocenters. The number of carbonyl (C=O) groups is 1. The van der Waals surface area contributed by atoms with Gasteiger partial charge in [-0.05, 0) is 6.07 Å². The van der Waals surface area contributed by atoms with E-state index in [1.165, 1.54) is 13.3 Å². The molecule has 2 aromatic heterocycles. The molecule has 0 radical (unpaired) electrons. The smallest absolute Gasteiger partial charge is 0.325 e. The third-order valence-corrected chi connectivity index (χ3v) is 2.71. The van der Waals surface area contributed by atoms with Crippen molar-refractivity contribution in [3.05, 3.63) is 23.1 Å². The lowest BCUT2D eigenvalue weighted by molar-refractivity contribution is -0.141. The number of methoxy groups -OCH3 is 1. The monoisotopic (exact) mass is 273 g/mol. The largest absolute Gasteiger partial charge is 0.468 e. The molecule has 0 aliphatic heterocycles. The van der Waals surface area contributed by atoms with Gasteiger partial charge in [-0.25, -0.2) is 9.97 Å². The maximum Gasteiger partial charge on any atom is 0.325 e. The van der Waals surface area contributed by atoms with Crippen molar-refractivity contribution in [1.82, 2.24) is 14.5 Å². The van der Waals surface area contributed by atoms with Crippen LogP contribution in [0.25, 0.3) is 11.2 Å². The molecule has 7 heteroatoms. The van der Waals surface area contributed by atoms with Crippen LogP contribution in [0.1, 0.15) is 5.82 Å². The van der Waals surface area contributed by atoms with Gasteiger partial charge in [-0.3, -0.25) is 4.79 Å². The highest BCUT2D eigenvalue weighted by Gasteiger charge is 2.14. The van der Waals surface area contributed by atoms with E-state index in [-0.39, 0.29) is 18.4 Å². The molecule has 0 aliphatic carbocycles. The van der Waals surface area contributed by atoms with Crippen molar-refractivity contribution >= 4 is 40.3 Å². The van der Waals surface area contributed by atoms with Crippen molar-refractivity contribution in [3.63, 3.8) is 0 Å². The van der Waals surface area contributed by atoms with Crippen molar-refractivity contribution in [3.8, 4) is 0 Å². The molecule has 5 nitrogen and oxygen atoms in total. The molecule has 0 saturated carbocycles. The van der Waals surface area contributed by atoms with Crippen molar-refractivity contribution < 1.29 is 9.53 Å². The van der Waals surface area contributed by atoms with E-state index >= 15 is 0 Å². The summed E-state index contributed by atoms with van der Waals surface area (Å²) in [6.07, 6.45) is 1.50. The molecular weight excluding hydrogens is 265 g/mol. The van der Waals surface area contributed by atoms with Crippen LogP contribution in [0.5, 0.6) is 0 Å². The minimum atomic E-state index is -0.382. The number of alkyl halides is 1. The summed E-state index contributed by atoms with van der Waals surface area (Å²) in [5, 5.41) is 0.487. The molecule has 2 heterocycles. The van der Waals surface area contributed by atoms with Crippen LogP contribution < -0.4 is 0 Å². The highest BCUT2D eigenvalue weighted by atomic mass is 35.5. The molecule has 0 amide bonds. The topological polar surface area (TPSA) is 57.0 Å². The van der Waals surface area contributed by atoms with Gasteiger partial charge in [0, 0.05) is 6.20 Å². The van der Waals surface area contributed by atoms with Crippen LogP contribution in [-0.2, 0) is 22.0 Å². The van der Waals surface area contributed by atoms with E-state index < -0.39 is 0 Å². The average Bonchev–Trinajstić information content (AvgIpc) is 2.66. The third kappa shape index (κ3) is 2.35. The van der Waals surface area contributed by atoms with E-state index in [0.29, 0.717) is 22.0 Å². The number of aromatic nitrogens is 3. The van der Waals surface area contributed by atoms with E-state index in [4.69, 9.17) is 23.2 Å². The third-order valence-electron chi connectivity index (χ3n) is 2.27. The van der Waals surface area contributed by atoms with Gasteiger partial charge in [0.05, 0.1) is 18.0 Å². The first-order chi connectivity index (χ1) is 8.15. The normalized spacial score (nSPS) is 10.8. The second-order valence-electron chi connectivity index (χ2n) is 3.32. The predicted octanol–water partition coefficient (Wildman–Crippen LogP) is 2.00. The summed E-state index contributed by atoms with van der Waals surface area (Å²) in [5.74, 6) is 0.361. The van der Waals surface area contributed by atoms with Crippen molar-refractivity contribution in [2.75, 3.05) is 7.11 Å². The summed E-state index contributed by atoms with van der Waals surface area (Å²) in [6, 6.07) is 1.67. The highest BCUT2D eigenvalue weighted by Crippen LogP contribution is 2.19. The standard InChI is InChI=1S/C10H9Cl2N3O2/c1-17-9(16)5-15-8(3-11)14-7-2-6(12)4-13-10(7)15/h2,4H,3,5H2,1H3. The van der Waals surface area contributed by atoms with Gasteiger partial charge in [0.25, 0.3) is 0 Å². The van der Waals surface area contributed by atoms with E-state index in [9.17, 15) is 4.79 Å². The van der Waals surface area contributed by atoms with Crippen LogP contribution in [-0.4, -0.2) is 27.6 Å². The molecule has 0 fully saturated rings. The zero-order valence-electron chi connectivity index (χ0n) is 8.98. The summed E-state index contributed by atoms with van der Waals surface area (Å²) >= 11 is 11.6. The number of nitrogens with zero attached hydrogens (tertiary/aromatic N) is 3. The molecule has 0 N–H and O–H groups in total. The molecule has 0 saturated heterocycles. The summed E-state index contributed by atoms with van der Waals surface area (Å²) in [4.78, 5) is 19.7. The zero-order valence-corrected chi connectivity index (χ0v) is 10.5. The summed E-state index contributed by atoms with van der Waals surface area (Å²) in [6.45, 7) is 0.0314. The Labute approximate surface area is 107 Å². The number of pyridine rings is 1. The number of fused-ring (bicyclic) bond motifs is 1. The fraction of sp³-hybridized carbons (Fsp3) is 0.300. The van der Waals surface area contributed by atoms with E-state index in [1.54, 1.807) is 10.6 Å². The van der Waals surface area contributed by atoms with Gasteiger partial charge in [0.15, 0.2) is 5.65 Å². The Morgan fingerprint density at radius 1 is 1.59 bits per heavy atom. The maximum atomic E-state index is 11.3. The van der Waals surface area contributed by atoms with E-state index in [0.717, 1.165) is 0 Å². The number of rotatable bonds is 3. The molecule has 0 unspecified atom stereocenters. The van der Waals surface area contributed by atoms with Gasteiger partial charge >= 0.3 is 5.97 Å². The molecule has 2 aromatic rings. The van der Waals surface area contributed by atoms with Crippen molar-refractivity contribution in [2.45, 2.75) is 12.4 Å². The number of hydrogen-bond donors (Lipinski definition) is 0. The average molecular weight is 274 g/mol. The SMILES string of the molecule is COC(=O)Cn1c(CCl)nc2cc(Cl)cnc21. The molecule has 0 aliphatic rings. The first-order valence-corrected chi connectivity index (χ1v) is 5.70. The fourth-order valence-corrected chi connectivity index (χ4v) is 1.85. The molecule has 0 aromatic carbocycles. The minimum Gasteiger partial charge on any atom is -0.468 e. The number of esters is 1. The Balaban J connectivity index is 2.54. The number of halogens is 2. The maximum absolute atomic E-state index is 11.3. The van der Waals surface area contributed by atoms with Crippen LogP contribution in [0.15, 0.2) is 12.3 Å². The lowest BCUT2D eigenvalue weighted by Gasteiger charge is -2.04. The second kappa shape index (κ2) is 4.89. The zero-order chi connectivity index (χ0) is 12.4. The van der Waals surface area contributed by atoms with Gasteiger partial charge in [0.2, 0.25) is 0 Å². The van der Waals surface area contributed by atoms with Gasteiger partial charge < -0.3 is 9.30 Å². The van der Waals surface area contributed by atoms with Crippen LogP contribution in [0, 0.1) is 0 Å². The van der Waals surface area contributed by atoms with Gasteiger partial charge in [-0.2, -0.15) is 0 Å². The minimum absolute atomic E-state index is 0.0314. The first kappa shape index (κ1) is 12.1. The summed E-state index contributed by atoms with van der Waals surface area (Å²) in [5.41, 5.74) is 1.17. The fourth-order valence-electron chi connectivity index (χ4n) is 1.50. The Hall–Kier alpha value is -1.33. The number of ether oxygens (including phenoxy) is 1. The van der Waals surface area contributed by atoms with Crippen molar-refractivity contribution in [1.29, 1.82) is 0 Å². The Bertz CT molecular complexity index is 568. The lowest BCUT2D eigenvalue weighted by atomic mass is 10.4. The van der Waals surface area contributed by atoms with Crippen LogP contribution in [0.4, 0.5) is 0 Å². The molecule has 0 bridgehead atoms. The molecule has 90 valence electrons. The highest BCUT2D eigenvalue weighted by molar-refractivity contribution is 6.31. The second-order valence-corrected chi connectivity index (χ2v) is 4.02. The molecule has 0 spiro atoms. The summed E-state index contributed by atoms with van der Waals surface area (Å²) in [7, 11) is 1.33. The Morgan fingerprint density at radius 2 is 2.35 bits per heavy atom. The van der Waals surface area contributed by atoms with E-state index in [1.807, 2.05) is 0 Å². The molecular formula is C10H9Cl2N3O2. The summed E-state index contributed by atoms with van der Waals surface area (Å²) < 4.78 is 6.23. The van der Waals surface area contributed by atoms with Crippen molar-refractivity contribution in [2.24, 2.45) is 0 Å². The number of carbonyl (C=O) groups excluding carboxylic acids is 1. The Kier molecular flexibility index (Phi) is 3.49. The molecule has 2 rings (SSSR count). The van der Waals surface area contributed by atoms with Gasteiger partial charge in [-0.1, -0.05) is 11.6 Å². The predicted molar refractivity (Wildman–Crippen MR) is 64.1 cm³/mol. The van der Waals surface area contributed by atoms with Crippen LogP contribution >= 0.6 is 23.2 Å². The van der Waals surface area contributed by atoms with Gasteiger partial charge in [-0.15, -0.1) is 11.6 Å². The van der Waals surface area contributed by atoms with Crippen LogP contribution in [0.2, 0.25) is 5.02 Å². The van der Waals surface area contributed by atoms with Crippen LogP contribution in [0.3, 0.4) is 0 Å². The number of imidazole rings is 1. The number of hydrogen-bond acceptors (Lipinski definition) is 4. The van der Waals surface area contributed by atoms with Gasteiger partial charge in [0.1, 0.15) is 17.9 Å². The molecule has 17 heavy (non-hydrogen) atoms.